The molecule has 0 amide bonds. The molecule has 1 nitrogen and oxygen atoms in total. The van der Waals surface area contributed by atoms with Crippen molar-refractivity contribution < 1.29 is 5.11 Å². The molecule has 10 heavy (non-hydrogen) atoms. The Morgan fingerprint density at radius 2 is 2.50 bits per heavy atom. The van der Waals surface area contributed by atoms with Crippen LogP contribution in [0.2, 0.25) is 0 Å². The molecule has 1 N–H and O–H groups in total. The van der Waals surface area contributed by atoms with Crippen molar-refractivity contribution in [2.75, 3.05) is 0 Å². The Morgan fingerprint density at radius 3 is 3.00 bits per heavy atom. The van der Waals surface area contributed by atoms with Gasteiger partial charge >= 0.3 is 0 Å². The van der Waals surface area contributed by atoms with Crippen LogP contribution in [0.25, 0.3) is 0 Å². The third-order valence-electron chi connectivity index (χ3n) is 1.39. The van der Waals surface area contributed by atoms with E-state index < -0.39 is 0 Å². The van der Waals surface area contributed by atoms with Gasteiger partial charge in [-0.15, -0.1) is 11.3 Å². The van der Waals surface area contributed by atoms with E-state index in [2.05, 4.69) is 11.4 Å². The van der Waals surface area contributed by atoms with Gasteiger partial charge in [-0.05, 0) is 31.2 Å². The van der Waals surface area contributed by atoms with Crippen LogP contribution in [-0.4, -0.2) is 11.2 Å². The van der Waals surface area contributed by atoms with Gasteiger partial charge in [0, 0.05) is 4.88 Å². The maximum absolute atomic E-state index is 8.96. The van der Waals surface area contributed by atoms with Gasteiger partial charge < -0.3 is 5.11 Å². The van der Waals surface area contributed by atoms with Crippen molar-refractivity contribution >= 4 is 11.3 Å². The van der Waals surface area contributed by atoms with Crippen LogP contribution >= 0.6 is 11.3 Å². The van der Waals surface area contributed by atoms with Crippen molar-refractivity contribution in [3.05, 3.63) is 22.4 Å². The highest BCUT2D eigenvalue weighted by Crippen LogP contribution is 2.11. The molecule has 1 aromatic heterocycles. The lowest BCUT2D eigenvalue weighted by Gasteiger charge is -1.99. The molecule has 0 aliphatic carbocycles. The summed E-state index contributed by atoms with van der Waals surface area (Å²) in [6.45, 7) is 1.83. The molecule has 56 valence electrons. The zero-order valence-corrected chi connectivity index (χ0v) is 6.90. The average Bonchev–Trinajstić information content (AvgIpc) is 2.34. The van der Waals surface area contributed by atoms with E-state index in [0.717, 1.165) is 12.8 Å². The minimum Gasteiger partial charge on any atom is -0.393 e. The van der Waals surface area contributed by atoms with Crippen molar-refractivity contribution in [2.45, 2.75) is 25.9 Å². The van der Waals surface area contributed by atoms with Gasteiger partial charge in [0.1, 0.15) is 0 Å². The minimum absolute atomic E-state index is 0.165. The Kier molecular flexibility index (Phi) is 2.90. The van der Waals surface area contributed by atoms with Gasteiger partial charge in [0.25, 0.3) is 0 Å². The molecule has 0 aliphatic rings. The average molecular weight is 156 g/mol. The van der Waals surface area contributed by atoms with E-state index in [1.807, 2.05) is 13.0 Å². The van der Waals surface area contributed by atoms with Crippen LogP contribution in [0, 0.1) is 0 Å². The van der Waals surface area contributed by atoms with E-state index in [1.54, 1.807) is 11.3 Å². The minimum atomic E-state index is -0.165. The second kappa shape index (κ2) is 3.74. The highest BCUT2D eigenvalue weighted by Gasteiger charge is 1.97. The van der Waals surface area contributed by atoms with Gasteiger partial charge in [-0.3, -0.25) is 0 Å². The Hall–Kier alpha value is -0.340. The lowest BCUT2D eigenvalue weighted by Crippen LogP contribution is -1.99. The first kappa shape index (κ1) is 7.76. The normalized spacial score (nSPS) is 13.4. The number of aryl methyl sites for hydroxylation is 1. The van der Waals surface area contributed by atoms with Crippen molar-refractivity contribution in [2.24, 2.45) is 0 Å². The molecule has 1 rings (SSSR count). The van der Waals surface area contributed by atoms with Crippen molar-refractivity contribution in [1.82, 2.24) is 0 Å². The molecule has 2 heteroatoms. The lowest BCUT2D eigenvalue weighted by atomic mass is 10.2. The Balaban J connectivity index is 2.28. The second-order valence-electron chi connectivity index (χ2n) is 2.47. The van der Waals surface area contributed by atoms with Crippen molar-refractivity contribution in [1.29, 1.82) is 0 Å². The predicted octanol–water partition coefficient (Wildman–Crippen LogP) is 2.06. The molecule has 0 saturated carbocycles. The molecular weight excluding hydrogens is 144 g/mol. The van der Waals surface area contributed by atoms with E-state index in [9.17, 15) is 0 Å². The molecule has 1 atom stereocenters. The second-order valence-corrected chi connectivity index (χ2v) is 3.50. The van der Waals surface area contributed by atoms with E-state index in [0.29, 0.717) is 0 Å². The van der Waals surface area contributed by atoms with Gasteiger partial charge in [-0.25, -0.2) is 0 Å². The SMILES string of the molecule is CC(O)CCc1cccs1. The van der Waals surface area contributed by atoms with E-state index in [4.69, 9.17) is 5.11 Å². The van der Waals surface area contributed by atoms with Gasteiger partial charge in [0.05, 0.1) is 6.10 Å². The summed E-state index contributed by atoms with van der Waals surface area (Å²) in [7, 11) is 0. The summed E-state index contributed by atoms with van der Waals surface area (Å²) in [4.78, 5) is 1.36. The first-order chi connectivity index (χ1) is 4.79. The summed E-state index contributed by atoms with van der Waals surface area (Å²) in [6, 6.07) is 4.15. The quantitative estimate of drug-likeness (QED) is 0.710. The standard InChI is InChI=1S/C8H12OS/c1-7(9)4-5-8-3-2-6-10-8/h2-3,6-7,9H,4-5H2,1H3. The summed E-state index contributed by atoms with van der Waals surface area (Å²) >= 11 is 1.75. The molecule has 0 radical (unpaired) electrons. The molecule has 0 aromatic carbocycles. The van der Waals surface area contributed by atoms with Crippen LogP contribution in [0.1, 0.15) is 18.2 Å². The number of aliphatic hydroxyl groups is 1. The summed E-state index contributed by atoms with van der Waals surface area (Å²) in [6.07, 6.45) is 1.72. The zero-order chi connectivity index (χ0) is 7.40. The fraction of sp³-hybridized carbons (Fsp3) is 0.500. The third kappa shape index (κ3) is 2.50. The fourth-order valence-corrected chi connectivity index (χ4v) is 1.53. The summed E-state index contributed by atoms with van der Waals surface area (Å²) < 4.78 is 0. The van der Waals surface area contributed by atoms with Crippen LogP contribution in [0.4, 0.5) is 0 Å². The van der Waals surface area contributed by atoms with E-state index >= 15 is 0 Å². The Labute approximate surface area is 65.3 Å². The summed E-state index contributed by atoms with van der Waals surface area (Å²) in [5.74, 6) is 0. The number of hydrogen-bond donors (Lipinski definition) is 1. The highest BCUT2D eigenvalue weighted by atomic mass is 32.1. The third-order valence-corrected chi connectivity index (χ3v) is 2.32. The van der Waals surface area contributed by atoms with Crippen LogP contribution in [0.15, 0.2) is 17.5 Å². The maximum Gasteiger partial charge on any atom is 0.0515 e. The molecule has 0 aliphatic heterocycles. The van der Waals surface area contributed by atoms with E-state index in [-0.39, 0.29) is 6.10 Å². The monoisotopic (exact) mass is 156 g/mol. The molecule has 0 spiro atoms. The van der Waals surface area contributed by atoms with Crippen LogP contribution in [0.3, 0.4) is 0 Å². The lowest BCUT2D eigenvalue weighted by molar-refractivity contribution is 0.185. The maximum atomic E-state index is 8.96. The predicted molar refractivity (Wildman–Crippen MR) is 44.3 cm³/mol. The number of rotatable bonds is 3. The first-order valence-electron chi connectivity index (χ1n) is 3.49. The fourth-order valence-electron chi connectivity index (χ4n) is 0.806. The largest absolute Gasteiger partial charge is 0.393 e. The smallest absolute Gasteiger partial charge is 0.0515 e. The number of thiophene rings is 1. The molecule has 0 fully saturated rings. The topological polar surface area (TPSA) is 20.2 Å². The number of aliphatic hydroxyl groups excluding tert-OH is 1. The summed E-state index contributed by atoms with van der Waals surface area (Å²) in [5, 5.41) is 11.0. The molecule has 1 heterocycles. The molecule has 0 bridgehead atoms. The van der Waals surface area contributed by atoms with Crippen molar-refractivity contribution in [3.8, 4) is 0 Å². The van der Waals surface area contributed by atoms with Gasteiger partial charge in [0.15, 0.2) is 0 Å². The van der Waals surface area contributed by atoms with Gasteiger partial charge in [-0.2, -0.15) is 0 Å². The number of hydrogen-bond acceptors (Lipinski definition) is 2. The van der Waals surface area contributed by atoms with Crippen LogP contribution in [0.5, 0.6) is 0 Å². The summed E-state index contributed by atoms with van der Waals surface area (Å²) in [5.41, 5.74) is 0. The Bertz CT molecular complexity index is 167. The molecule has 1 aromatic rings. The Morgan fingerprint density at radius 1 is 1.70 bits per heavy atom. The molecular formula is C8H12OS. The van der Waals surface area contributed by atoms with Crippen LogP contribution in [-0.2, 0) is 6.42 Å². The molecule has 0 saturated heterocycles. The molecule has 1 unspecified atom stereocenters. The van der Waals surface area contributed by atoms with E-state index in [1.165, 1.54) is 4.88 Å². The van der Waals surface area contributed by atoms with Crippen molar-refractivity contribution in [3.63, 3.8) is 0 Å². The highest BCUT2D eigenvalue weighted by molar-refractivity contribution is 7.09. The van der Waals surface area contributed by atoms with Gasteiger partial charge in [0.2, 0.25) is 0 Å². The van der Waals surface area contributed by atoms with Gasteiger partial charge in [-0.1, -0.05) is 6.07 Å². The van der Waals surface area contributed by atoms with Crippen LogP contribution < -0.4 is 0 Å². The first-order valence-corrected chi connectivity index (χ1v) is 4.37. The zero-order valence-electron chi connectivity index (χ0n) is 6.08.